The van der Waals surface area contributed by atoms with Gasteiger partial charge in [-0.25, -0.2) is 9.38 Å². The van der Waals surface area contributed by atoms with E-state index in [2.05, 4.69) is 4.99 Å². The fraction of sp³-hybridized carbons (Fsp3) is 0.533. The molecule has 0 aliphatic heterocycles. The van der Waals surface area contributed by atoms with Gasteiger partial charge < -0.3 is 5.73 Å². The number of hydrogen-bond donors (Lipinski definition) is 1. The summed E-state index contributed by atoms with van der Waals surface area (Å²) in [7, 11) is 0. The van der Waals surface area contributed by atoms with Crippen LogP contribution in [0, 0.1) is 18.7 Å². The molecule has 0 unspecified atom stereocenters. The minimum Gasteiger partial charge on any atom is -0.387 e. The van der Waals surface area contributed by atoms with Crippen LogP contribution in [0.3, 0.4) is 0 Å². The Morgan fingerprint density at radius 2 is 1.95 bits per heavy atom. The van der Waals surface area contributed by atoms with Crippen LogP contribution in [0.2, 0.25) is 0 Å². The number of aryl methyl sites for hydroxylation is 1. The summed E-state index contributed by atoms with van der Waals surface area (Å²) in [5.41, 5.74) is 6.38. The Morgan fingerprint density at radius 1 is 1.32 bits per heavy atom. The monoisotopic (exact) mass is 334 g/mol. The molecule has 1 aliphatic rings. The van der Waals surface area contributed by atoms with Crippen molar-refractivity contribution in [3.05, 3.63) is 23.5 Å². The Hall–Kier alpha value is -1.24. The standard InChI is InChI=1S/C15H18F4N2S/c1-9-6-11(16)12(7-13(9)22-8-15(17,18)19)21-14(20)10-4-2-3-5-10/h6-7,10H,2-5,8H2,1H3,(H2,20,21). The number of nitrogens with zero attached hydrogens (tertiary/aromatic N) is 1. The predicted octanol–water partition coefficient (Wildman–Crippen LogP) is 4.97. The summed E-state index contributed by atoms with van der Waals surface area (Å²) in [6.07, 6.45) is -0.261. The first-order chi connectivity index (χ1) is 10.3. The minimum atomic E-state index is -4.27. The van der Waals surface area contributed by atoms with E-state index in [1.165, 1.54) is 12.1 Å². The number of benzene rings is 1. The van der Waals surface area contributed by atoms with Crippen LogP contribution in [0.4, 0.5) is 23.2 Å². The maximum atomic E-state index is 14.0. The lowest BCUT2D eigenvalue weighted by atomic mass is 10.1. The number of halogens is 4. The first-order valence-corrected chi connectivity index (χ1v) is 8.08. The lowest BCUT2D eigenvalue weighted by Gasteiger charge is -2.12. The summed E-state index contributed by atoms with van der Waals surface area (Å²) in [5, 5.41) is 0. The van der Waals surface area contributed by atoms with Gasteiger partial charge in [-0.2, -0.15) is 13.2 Å². The Balaban J connectivity index is 2.22. The molecule has 0 heterocycles. The average molecular weight is 334 g/mol. The summed E-state index contributed by atoms with van der Waals surface area (Å²) >= 11 is 0.634. The normalized spacial score (nSPS) is 17.2. The van der Waals surface area contributed by atoms with E-state index in [-0.39, 0.29) is 11.6 Å². The van der Waals surface area contributed by atoms with Crippen molar-refractivity contribution in [1.29, 1.82) is 0 Å². The van der Waals surface area contributed by atoms with Crippen molar-refractivity contribution in [1.82, 2.24) is 0 Å². The number of hydrogen-bond acceptors (Lipinski definition) is 2. The van der Waals surface area contributed by atoms with Crippen LogP contribution in [0.15, 0.2) is 22.0 Å². The zero-order valence-electron chi connectivity index (χ0n) is 12.2. The van der Waals surface area contributed by atoms with E-state index in [4.69, 9.17) is 5.73 Å². The Kier molecular flexibility index (Phi) is 5.36. The fourth-order valence-electron chi connectivity index (χ4n) is 2.49. The number of amidine groups is 1. The molecule has 2 nitrogen and oxygen atoms in total. The third-order valence-electron chi connectivity index (χ3n) is 3.66. The van der Waals surface area contributed by atoms with Crippen LogP contribution in [0.5, 0.6) is 0 Å². The smallest absolute Gasteiger partial charge is 0.387 e. The maximum absolute atomic E-state index is 14.0. The average Bonchev–Trinajstić information content (AvgIpc) is 2.93. The number of aliphatic imine (C=N–C) groups is 1. The SMILES string of the molecule is Cc1cc(F)c(/N=C(\N)C2CCCC2)cc1SCC(F)(F)F. The Morgan fingerprint density at radius 3 is 2.55 bits per heavy atom. The fourth-order valence-corrected chi connectivity index (χ4v) is 3.30. The van der Waals surface area contributed by atoms with Gasteiger partial charge in [-0.15, -0.1) is 11.8 Å². The molecule has 1 fully saturated rings. The van der Waals surface area contributed by atoms with E-state index >= 15 is 0 Å². The van der Waals surface area contributed by atoms with E-state index in [1.54, 1.807) is 6.92 Å². The number of rotatable bonds is 4. The van der Waals surface area contributed by atoms with Crippen molar-refractivity contribution in [2.75, 3.05) is 5.75 Å². The second-order valence-electron chi connectivity index (χ2n) is 5.49. The topological polar surface area (TPSA) is 38.4 Å². The molecule has 2 rings (SSSR count). The van der Waals surface area contributed by atoms with E-state index in [9.17, 15) is 17.6 Å². The van der Waals surface area contributed by atoms with E-state index in [0.29, 0.717) is 28.1 Å². The Bertz CT molecular complexity index is 563. The molecule has 1 saturated carbocycles. The van der Waals surface area contributed by atoms with Gasteiger partial charge in [0, 0.05) is 10.8 Å². The second kappa shape index (κ2) is 6.89. The highest BCUT2D eigenvalue weighted by Crippen LogP contribution is 2.34. The quantitative estimate of drug-likeness (QED) is 0.365. The van der Waals surface area contributed by atoms with Crippen LogP contribution >= 0.6 is 11.8 Å². The van der Waals surface area contributed by atoms with Crippen LogP contribution in [-0.4, -0.2) is 17.8 Å². The van der Waals surface area contributed by atoms with Crippen LogP contribution < -0.4 is 5.73 Å². The lowest BCUT2D eigenvalue weighted by Crippen LogP contribution is -2.20. The van der Waals surface area contributed by atoms with E-state index < -0.39 is 17.7 Å². The largest absolute Gasteiger partial charge is 0.398 e. The summed E-state index contributed by atoms with van der Waals surface area (Å²) in [4.78, 5) is 4.48. The molecule has 1 aliphatic carbocycles. The van der Waals surface area contributed by atoms with Gasteiger partial charge in [-0.1, -0.05) is 12.8 Å². The Labute approximate surface area is 131 Å². The van der Waals surface area contributed by atoms with Crippen molar-refractivity contribution in [2.45, 2.75) is 43.7 Å². The molecule has 0 saturated heterocycles. The van der Waals surface area contributed by atoms with Gasteiger partial charge in [0.05, 0.1) is 5.75 Å². The van der Waals surface area contributed by atoms with Crippen LogP contribution in [0.25, 0.3) is 0 Å². The molecule has 0 spiro atoms. The number of alkyl halides is 3. The number of thioether (sulfide) groups is 1. The molecule has 0 amide bonds. The molecule has 0 radical (unpaired) electrons. The van der Waals surface area contributed by atoms with Gasteiger partial charge in [0.1, 0.15) is 17.3 Å². The summed E-state index contributed by atoms with van der Waals surface area (Å²) in [5.74, 6) is -1.06. The third-order valence-corrected chi connectivity index (χ3v) is 4.88. The van der Waals surface area contributed by atoms with Gasteiger partial charge in [-0.05, 0) is 37.5 Å². The van der Waals surface area contributed by atoms with Gasteiger partial charge in [-0.3, -0.25) is 0 Å². The molecule has 1 aromatic rings. The zero-order chi connectivity index (χ0) is 16.3. The first kappa shape index (κ1) is 17.1. The molecule has 0 bridgehead atoms. The van der Waals surface area contributed by atoms with Crippen molar-refractivity contribution in [2.24, 2.45) is 16.6 Å². The second-order valence-corrected chi connectivity index (χ2v) is 6.51. The summed E-state index contributed by atoms with van der Waals surface area (Å²) in [6.45, 7) is 1.58. The molecule has 1 aromatic carbocycles. The predicted molar refractivity (Wildman–Crippen MR) is 81.2 cm³/mol. The van der Waals surface area contributed by atoms with Gasteiger partial charge in [0.2, 0.25) is 0 Å². The van der Waals surface area contributed by atoms with Gasteiger partial charge in [0.15, 0.2) is 0 Å². The summed E-state index contributed by atoms with van der Waals surface area (Å²) < 4.78 is 50.9. The van der Waals surface area contributed by atoms with Crippen LogP contribution in [-0.2, 0) is 0 Å². The van der Waals surface area contributed by atoms with Crippen molar-refractivity contribution >= 4 is 23.3 Å². The third kappa shape index (κ3) is 4.63. The van der Waals surface area contributed by atoms with E-state index in [0.717, 1.165) is 25.7 Å². The highest BCUT2D eigenvalue weighted by Gasteiger charge is 2.28. The molecule has 7 heteroatoms. The maximum Gasteiger partial charge on any atom is 0.398 e. The van der Waals surface area contributed by atoms with Crippen molar-refractivity contribution in [3.63, 3.8) is 0 Å². The lowest BCUT2D eigenvalue weighted by molar-refractivity contribution is -0.105. The molecular formula is C15H18F4N2S. The molecular weight excluding hydrogens is 316 g/mol. The molecule has 122 valence electrons. The molecule has 22 heavy (non-hydrogen) atoms. The van der Waals surface area contributed by atoms with Gasteiger partial charge >= 0.3 is 6.18 Å². The minimum absolute atomic E-state index is 0.0136. The first-order valence-electron chi connectivity index (χ1n) is 7.10. The molecule has 0 aromatic heterocycles. The molecule has 2 N–H and O–H groups in total. The van der Waals surface area contributed by atoms with Crippen LogP contribution in [0.1, 0.15) is 31.2 Å². The van der Waals surface area contributed by atoms with Crippen molar-refractivity contribution < 1.29 is 17.6 Å². The van der Waals surface area contributed by atoms with Crippen molar-refractivity contribution in [3.8, 4) is 0 Å². The van der Waals surface area contributed by atoms with Gasteiger partial charge in [0.25, 0.3) is 0 Å². The zero-order valence-corrected chi connectivity index (χ0v) is 13.0. The molecule has 0 atom stereocenters. The highest BCUT2D eigenvalue weighted by molar-refractivity contribution is 7.99. The highest BCUT2D eigenvalue weighted by atomic mass is 32.2. The summed E-state index contributed by atoms with van der Waals surface area (Å²) in [6, 6.07) is 2.56. The van der Waals surface area contributed by atoms with E-state index in [1.807, 2.05) is 0 Å². The number of nitrogens with two attached hydrogens (primary N) is 1.